The minimum Gasteiger partial charge on any atom is -0.351 e. The van der Waals surface area contributed by atoms with Crippen LogP contribution in [0.1, 0.15) is 36.0 Å². The first-order chi connectivity index (χ1) is 9.06. The smallest absolute Gasteiger partial charge is 0.252 e. The van der Waals surface area contributed by atoms with Gasteiger partial charge in [0.25, 0.3) is 5.91 Å². The van der Waals surface area contributed by atoms with E-state index in [0.717, 1.165) is 10.1 Å². The SMILES string of the molecule is CSC1(CNC(=O)c2cc(Cl)ccc2I)CCCC1. The molecular formula is C14H17ClINOS. The van der Waals surface area contributed by atoms with Crippen molar-refractivity contribution in [2.45, 2.75) is 30.4 Å². The maximum atomic E-state index is 12.2. The summed E-state index contributed by atoms with van der Waals surface area (Å²) in [5, 5.41) is 3.68. The van der Waals surface area contributed by atoms with Crippen molar-refractivity contribution in [1.82, 2.24) is 5.32 Å². The molecule has 2 nitrogen and oxygen atoms in total. The number of carbonyl (C=O) groups is 1. The molecule has 5 heteroatoms. The molecule has 1 saturated carbocycles. The molecule has 1 fully saturated rings. The fraction of sp³-hybridized carbons (Fsp3) is 0.500. The average Bonchev–Trinajstić information content (AvgIpc) is 2.88. The van der Waals surface area contributed by atoms with Gasteiger partial charge < -0.3 is 5.32 Å². The summed E-state index contributed by atoms with van der Waals surface area (Å²) < 4.78 is 1.17. The zero-order chi connectivity index (χ0) is 13.9. The summed E-state index contributed by atoms with van der Waals surface area (Å²) in [5.74, 6) is -0.0211. The van der Waals surface area contributed by atoms with Crippen molar-refractivity contribution in [3.63, 3.8) is 0 Å². The average molecular weight is 410 g/mol. The Bertz CT molecular complexity index is 475. The maximum absolute atomic E-state index is 12.2. The molecule has 104 valence electrons. The summed E-state index contributed by atoms with van der Waals surface area (Å²) in [6.45, 7) is 0.746. The van der Waals surface area contributed by atoms with Gasteiger partial charge in [0, 0.05) is 19.9 Å². The number of rotatable bonds is 4. The molecule has 0 bridgehead atoms. The van der Waals surface area contributed by atoms with Gasteiger partial charge in [0.2, 0.25) is 0 Å². The van der Waals surface area contributed by atoms with Gasteiger partial charge in [-0.3, -0.25) is 4.79 Å². The quantitative estimate of drug-likeness (QED) is 0.749. The van der Waals surface area contributed by atoms with E-state index in [2.05, 4.69) is 34.2 Å². The van der Waals surface area contributed by atoms with Gasteiger partial charge in [-0.1, -0.05) is 24.4 Å². The topological polar surface area (TPSA) is 29.1 Å². The Morgan fingerprint density at radius 2 is 2.16 bits per heavy atom. The van der Waals surface area contributed by atoms with Crippen LogP contribution in [-0.4, -0.2) is 23.5 Å². The number of hydrogen-bond donors (Lipinski definition) is 1. The molecule has 0 spiro atoms. The standard InChI is InChI=1S/C14H17ClINOS/c1-19-14(6-2-3-7-14)9-17-13(18)11-8-10(15)4-5-12(11)16/h4-5,8H,2-3,6-7,9H2,1H3,(H,17,18). The lowest BCUT2D eigenvalue weighted by atomic mass is 10.1. The van der Waals surface area contributed by atoms with E-state index in [0.29, 0.717) is 10.6 Å². The number of thioether (sulfide) groups is 1. The second-order valence-electron chi connectivity index (χ2n) is 4.90. The zero-order valence-electron chi connectivity index (χ0n) is 10.8. The fourth-order valence-corrected chi connectivity index (χ4v) is 4.15. The molecule has 19 heavy (non-hydrogen) atoms. The van der Waals surface area contributed by atoms with Crippen LogP contribution in [0.4, 0.5) is 0 Å². The predicted octanol–water partition coefficient (Wildman–Crippen LogP) is 4.35. The van der Waals surface area contributed by atoms with Crippen LogP contribution in [0, 0.1) is 3.57 Å². The van der Waals surface area contributed by atoms with Crippen LogP contribution in [0.3, 0.4) is 0 Å². The van der Waals surface area contributed by atoms with Gasteiger partial charge in [0.05, 0.1) is 5.56 Å². The molecule has 0 atom stereocenters. The molecule has 1 aliphatic carbocycles. The number of amides is 1. The molecule has 0 unspecified atom stereocenters. The summed E-state index contributed by atoms with van der Waals surface area (Å²) in [5.41, 5.74) is 0.669. The minimum absolute atomic E-state index is 0.0211. The first-order valence-corrected chi connectivity index (χ1v) is 9.03. The van der Waals surface area contributed by atoms with E-state index in [1.54, 1.807) is 12.1 Å². The van der Waals surface area contributed by atoms with Crippen LogP contribution in [0.5, 0.6) is 0 Å². The maximum Gasteiger partial charge on any atom is 0.252 e. The summed E-state index contributed by atoms with van der Waals surface area (Å²) in [6, 6.07) is 5.41. The molecule has 0 heterocycles. The molecule has 0 aliphatic heterocycles. The normalized spacial score (nSPS) is 17.4. The molecule has 1 aromatic rings. The van der Waals surface area contributed by atoms with Gasteiger partial charge in [0.15, 0.2) is 0 Å². The Morgan fingerprint density at radius 3 is 2.79 bits per heavy atom. The highest BCUT2D eigenvalue weighted by molar-refractivity contribution is 14.1. The monoisotopic (exact) mass is 409 g/mol. The predicted molar refractivity (Wildman–Crippen MR) is 91.2 cm³/mol. The van der Waals surface area contributed by atoms with Crippen LogP contribution in [-0.2, 0) is 0 Å². The second kappa shape index (κ2) is 6.68. The van der Waals surface area contributed by atoms with E-state index in [4.69, 9.17) is 11.6 Å². The highest BCUT2D eigenvalue weighted by Crippen LogP contribution is 2.39. The van der Waals surface area contributed by atoms with Gasteiger partial charge >= 0.3 is 0 Å². The zero-order valence-corrected chi connectivity index (χ0v) is 14.6. The van der Waals surface area contributed by atoms with Crippen molar-refractivity contribution in [2.24, 2.45) is 0 Å². The highest BCUT2D eigenvalue weighted by atomic mass is 127. The second-order valence-corrected chi connectivity index (χ2v) is 7.77. The summed E-state index contributed by atoms with van der Waals surface area (Å²) in [4.78, 5) is 12.2. The van der Waals surface area contributed by atoms with E-state index < -0.39 is 0 Å². The first kappa shape index (κ1) is 15.4. The number of nitrogens with one attached hydrogen (secondary N) is 1. The molecule has 0 saturated heterocycles. The van der Waals surface area contributed by atoms with Crippen molar-refractivity contribution in [3.8, 4) is 0 Å². The van der Waals surface area contributed by atoms with E-state index >= 15 is 0 Å². The number of benzene rings is 1. The van der Waals surface area contributed by atoms with E-state index in [9.17, 15) is 4.79 Å². The first-order valence-electron chi connectivity index (χ1n) is 6.35. The summed E-state index contributed by atoms with van der Waals surface area (Å²) in [6.07, 6.45) is 7.07. The molecule has 1 aromatic carbocycles. The lowest BCUT2D eigenvalue weighted by molar-refractivity contribution is 0.0948. The largest absolute Gasteiger partial charge is 0.351 e. The Balaban J connectivity index is 2.03. The Morgan fingerprint density at radius 1 is 1.47 bits per heavy atom. The molecular weight excluding hydrogens is 393 g/mol. The van der Waals surface area contributed by atoms with Crippen molar-refractivity contribution in [3.05, 3.63) is 32.4 Å². The van der Waals surface area contributed by atoms with Gasteiger partial charge in [-0.25, -0.2) is 0 Å². The van der Waals surface area contributed by atoms with Gasteiger partial charge in [-0.15, -0.1) is 0 Å². The number of halogens is 2. The third-order valence-corrected chi connectivity index (χ3v) is 6.29. The Hall–Kier alpha value is 0.0600. The molecule has 1 amide bonds. The van der Waals surface area contributed by atoms with Crippen LogP contribution >= 0.6 is 46.0 Å². The molecule has 0 radical (unpaired) electrons. The van der Waals surface area contributed by atoms with Gasteiger partial charge in [0.1, 0.15) is 0 Å². The van der Waals surface area contributed by atoms with E-state index in [-0.39, 0.29) is 10.7 Å². The number of hydrogen-bond acceptors (Lipinski definition) is 2. The lowest BCUT2D eigenvalue weighted by Crippen LogP contribution is -2.38. The lowest BCUT2D eigenvalue weighted by Gasteiger charge is -2.27. The Labute approximate surface area is 137 Å². The minimum atomic E-state index is -0.0211. The van der Waals surface area contributed by atoms with Crippen molar-refractivity contribution >= 4 is 51.9 Å². The van der Waals surface area contributed by atoms with Crippen LogP contribution in [0.2, 0.25) is 5.02 Å². The third-order valence-electron chi connectivity index (χ3n) is 3.69. The molecule has 1 aliphatic rings. The van der Waals surface area contributed by atoms with Crippen molar-refractivity contribution in [1.29, 1.82) is 0 Å². The number of carbonyl (C=O) groups excluding carboxylic acids is 1. The van der Waals surface area contributed by atoms with Gasteiger partial charge in [-0.05, 0) is 59.9 Å². The Kier molecular flexibility index (Phi) is 5.43. The van der Waals surface area contributed by atoms with Crippen molar-refractivity contribution < 1.29 is 4.79 Å². The van der Waals surface area contributed by atoms with Crippen LogP contribution in [0.25, 0.3) is 0 Å². The van der Waals surface area contributed by atoms with Gasteiger partial charge in [-0.2, -0.15) is 11.8 Å². The van der Waals surface area contributed by atoms with Crippen LogP contribution in [0.15, 0.2) is 18.2 Å². The summed E-state index contributed by atoms with van der Waals surface area (Å²) >= 11 is 10.0. The van der Waals surface area contributed by atoms with E-state index in [1.165, 1.54) is 25.7 Å². The molecule has 2 rings (SSSR count). The molecule has 1 N–H and O–H groups in total. The third kappa shape index (κ3) is 3.79. The summed E-state index contributed by atoms with van der Waals surface area (Å²) in [7, 11) is 0. The molecule has 0 aromatic heterocycles. The fourth-order valence-electron chi connectivity index (χ4n) is 2.48. The van der Waals surface area contributed by atoms with E-state index in [1.807, 2.05) is 17.8 Å². The van der Waals surface area contributed by atoms with Crippen LogP contribution < -0.4 is 5.32 Å². The van der Waals surface area contributed by atoms with Crippen molar-refractivity contribution in [2.75, 3.05) is 12.8 Å². The highest BCUT2D eigenvalue weighted by Gasteiger charge is 2.33.